The van der Waals surface area contributed by atoms with Gasteiger partial charge in [-0.25, -0.2) is 0 Å². The maximum Gasteiger partial charge on any atom is 0.115 e. The molecular weight excluding hydrogens is 288 g/mol. The van der Waals surface area contributed by atoms with Gasteiger partial charge < -0.3 is 5.11 Å². The van der Waals surface area contributed by atoms with E-state index in [9.17, 15) is 5.11 Å². The second-order valence-corrected chi connectivity index (χ2v) is 5.80. The van der Waals surface area contributed by atoms with Gasteiger partial charge in [-0.2, -0.15) is 0 Å². The third-order valence-corrected chi connectivity index (χ3v) is 4.24. The predicted octanol–water partition coefficient (Wildman–Crippen LogP) is 4.02. The summed E-state index contributed by atoms with van der Waals surface area (Å²) in [5.74, 6) is 0. The largest absolute Gasteiger partial charge is 0.380 e. The molecule has 92 valence electrons. The van der Waals surface area contributed by atoms with Crippen molar-refractivity contribution in [2.75, 3.05) is 0 Å². The maximum absolute atomic E-state index is 11.1. The lowest BCUT2D eigenvalue weighted by Crippen LogP contribution is -2.31. The van der Waals surface area contributed by atoms with Crippen LogP contribution in [0, 0.1) is 0 Å². The van der Waals surface area contributed by atoms with Crippen LogP contribution in [0.25, 0.3) is 0 Å². The van der Waals surface area contributed by atoms with Crippen LogP contribution in [0.4, 0.5) is 0 Å². The molecule has 0 saturated carbocycles. The van der Waals surface area contributed by atoms with E-state index in [-0.39, 0.29) is 0 Å². The highest BCUT2D eigenvalue weighted by atomic mass is 79.9. The number of aliphatic hydroxyl groups is 1. The van der Waals surface area contributed by atoms with Gasteiger partial charge in [0.15, 0.2) is 0 Å². The highest BCUT2D eigenvalue weighted by Gasteiger charge is 2.35. The number of fused-ring (bicyclic) bond motifs is 1. The minimum absolute atomic E-state index is 0.792. The number of aryl methyl sites for hydroxylation is 1. The van der Waals surface area contributed by atoms with E-state index in [1.807, 2.05) is 36.4 Å². The average molecular weight is 303 g/mol. The molecule has 0 amide bonds. The van der Waals surface area contributed by atoms with E-state index in [1.165, 1.54) is 5.56 Å². The van der Waals surface area contributed by atoms with Crippen molar-refractivity contribution in [3.8, 4) is 0 Å². The first-order valence-electron chi connectivity index (χ1n) is 6.27. The Morgan fingerprint density at radius 3 is 2.72 bits per heavy atom. The quantitative estimate of drug-likeness (QED) is 0.843. The number of hydrogen-bond donors (Lipinski definition) is 1. The molecule has 2 aromatic carbocycles. The monoisotopic (exact) mass is 302 g/mol. The molecule has 0 saturated heterocycles. The van der Waals surface area contributed by atoms with Crippen LogP contribution >= 0.6 is 15.9 Å². The van der Waals surface area contributed by atoms with E-state index in [1.54, 1.807) is 0 Å². The second kappa shape index (κ2) is 4.52. The van der Waals surface area contributed by atoms with Crippen LogP contribution in [-0.2, 0) is 12.0 Å². The van der Waals surface area contributed by atoms with Gasteiger partial charge >= 0.3 is 0 Å². The number of benzene rings is 2. The summed E-state index contributed by atoms with van der Waals surface area (Å²) in [6.07, 6.45) is 2.88. The fraction of sp³-hybridized carbons (Fsp3) is 0.250. The molecule has 2 aromatic rings. The van der Waals surface area contributed by atoms with Crippen LogP contribution in [0.15, 0.2) is 53.0 Å². The zero-order chi connectivity index (χ0) is 12.6. The van der Waals surface area contributed by atoms with E-state index in [0.717, 1.165) is 34.9 Å². The minimum Gasteiger partial charge on any atom is -0.380 e. The standard InChI is InChI=1S/C16H15BrO/c17-14-8-3-7-13(11-14)16(18)10-4-6-12-5-1-2-9-15(12)16/h1-3,5,7-9,11,18H,4,6,10H2. The molecule has 1 atom stereocenters. The summed E-state index contributed by atoms with van der Waals surface area (Å²) in [6.45, 7) is 0. The van der Waals surface area contributed by atoms with Gasteiger partial charge in [-0.1, -0.05) is 52.3 Å². The summed E-state index contributed by atoms with van der Waals surface area (Å²) < 4.78 is 1.01. The molecule has 1 aliphatic carbocycles. The number of hydrogen-bond acceptors (Lipinski definition) is 1. The van der Waals surface area contributed by atoms with Crippen molar-refractivity contribution >= 4 is 15.9 Å². The Morgan fingerprint density at radius 2 is 1.89 bits per heavy atom. The predicted molar refractivity (Wildman–Crippen MR) is 76.5 cm³/mol. The Morgan fingerprint density at radius 1 is 1.06 bits per heavy atom. The van der Waals surface area contributed by atoms with Gasteiger partial charge in [0.1, 0.15) is 5.60 Å². The maximum atomic E-state index is 11.1. The summed E-state index contributed by atoms with van der Waals surface area (Å²) in [5, 5.41) is 11.1. The van der Waals surface area contributed by atoms with Crippen molar-refractivity contribution in [2.24, 2.45) is 0 Å². The van der Waals surface area contributed by atoms with Crippen molar-refractivity contribution < 1.29 is 5.11 Å². The smallest absolute Gasteiger partial charge is 0.115 e. The van der Waals surface area contributed by atoms with Gasteiger partial charge in [0.2, 0.25) is 0 Å². The van der Waals surface area contributed by atoms with Crippen molar-refractivity contribution in [1.82, 2.24) is 0 Å². The van der Waals surface area contributed by atoms with Crippen molar-refractivity contribution in [3.05, 3.63) is 69.7 Å². The van der Waals surface area contributed by atoms with Crippen LogP contribution in [0.1, 0.15) is 29.5 Å². The fourth-order valence-electron chi connectivity index (χ4n) is 2.86. The molecule has 1 N–H and O–H groups in total. The Bertz CT molecular complexity index is 579. The lowest BCUT2D eigenvalue weighted by Gasteiger charge is -2.35. The van der Waals surface area contributed by atoms with Crippen LogP contribution in [0.5, 0.6) is 0 Å². The van der Waals surface area contributed by atoms with Gasteiger partial charge in [0.25, 0.3) is 0 Å². The highest BCUT2D eigenvalue weighted by molar-refractivity contribution is 9.10. The van der Waals surface area contributed by atoms with Crippen molar-refractivity contribution in [2.45, 2.75) is 24.9 Å². The molecule has 0 bridgehead atoms. The van der Waals surface area contributed by atoms with Crippen LogP contribution in [0.2, 0.25) is 0 Å². The molecule has 0 fully saturated rings. The molecule has 0 radical (unpaired) electrons. The zero-order valence-corrected chi connectivity index (χ0v) is 11.7. The SMILES string of the molecule is OC1(c2cccc(Br)c2)CCCc2ccccc21. The Balaban J connectivity index is 2.16. The molecule has 0 heterocycles. The molecule has 18 heavy (non-hydrogen) atoms. The van der Waals surface area contributed by atoms with E-state index in [2.05, 4.69) is 28.1 Å². The summed E-state index contributed by atoms with van der Waals surface area (Å²) in [5.41, 5.74) is 2.48. The summed E-state index contributed by atoms with van der Waals surface area (Å²) in [6, 6.07) is 16.2. The van der Waals surface area contributed by atoms with Gasteiger partial charge in [-0.05, 0) is 48.1 Å². The van der Waals surface area contributed by atoms with E-state index in [0.29, 0.717) is 0 Å². The first-order valence-corrected chi connectivity index (χ1v) is 7.06. The van der Waals surface area contributed by atoms with Crippen LogP contribution in [-0.4, -0.2) is 5.11 Å². The Hall–Kier alpha value is -1.12. The molecule has 0 spiro atoms. The van der Waals surface area contributed by atoms with E-state index < -0.39 is 5.60 Å². The lowest BCUT2D eigenvalue weighted by molar-refractivity contribution is 0.0615. The lowest BCUT2D eigenvalue weighted by atomic mass is 9.75. The molecule has 2 heteroatoms. The minimum atomic E-state index is -0.835. The Kier molecular flexibility index (Phi) is 3.00. The van der Waals surface area contributed by atoms with Gasteiger partial charge in [0, 0.05) is 4.47 Å². The summed E-state index contributed by atoms with van der Waals surface area (Å²) in [4.78, 5) is 0. The van der Waals surface area contributed by atoms with Gasteiger partial charge in [0.05, 0.1) is 0 Å². The van der Waals surface area contributed by atoms with E-state index in [4.69, 9.17) is 0 Å². The number of halogens is 1. The molecule has 0 aliphatic heterocycles. The van der Waals surface area contributed by atoms with Crippen molar-refractivity contribution in [1.29, 1.82) is 0 Å². The first kappa shape index (κ1) is 11.9. The van der Waals surface area contributed by atoms with Crippen LogP contribution < -0.4 is 0 Å². The molecule has 3 rings (SSSR count). The molecule has 1 nitrogen and oxygen atoms in total. The third kappa shape index (κ3) is 1.90. The topological polar surface area (TPSA) is 20.2 Å². The zero-order valence-electron chi connectivity index (χ0n) is 10.1. The van der Waals surface area contributed by atoms with Gasteiger partial charge in [-0.15, -0.1) is 0 Å². The fourth-order valence-corrected chi connectivity index (χ4v) is 3.26. The normalized spacial score (nSPS) is 22.6. The van der Waals surface area contributed by atoms with E-state index >= 15 is 0 Å². The Labute approximate surface area is 116 Å². The van der Waals surface area contributed by atoms with Crippen LogP contribution in [0.3, 0.4) is 0 Å². The second-order valence-electron chi connectivity index (χ2n) is 4.88. The molecular formula is C16H15BrO. The first-order chi connectivity index (χ1) is 8.70. The highest BCUT2D eigenvalue weighted by Crippen LogP contribution is 2.40. The van der Waals surface area contributed by atoms with Gasteiger partial charge in [-0.3, -0.25) is 0 Å². The molecule has 1 aliphatic rings. The van der Waals surface area contributed by atoms with Crippen molar-refractivity contribution in [3.63, 3.8) is 0 Å². The molecule has 0 aromatic heterocycles. The molecule has 1 unspecified atom stereocenters. The summed E-state index contributed by atoms with van der Waals surface area (Å²) >= 11 is 3.48. The number of rotatable bonds is 1. The summed E-state index contributed by atoms with van der Waals surface area (Å²) in [7, 11) is 0. The average Bonchev–Trinajstić information content (AvgIpc) is 2.39. The third-order valence-electron chi connectivity index (χ3n) is 3.75.